The minimum Gasteiger partial charge on any atom is -0.489 e. The fourth-order valence-electron chi connectivity index (χ4n) is 1.89. The molecule has 0 aliphatic rings. The van der Waals surface area contributed by atoms with Crippen LogP contribution in [0.1, 0.15) is 15.9 Å². The number of hydrogen-bond donors (Lipinski definition) is 1. The lowest BCUT2D eigenvalue weighted by atomic mass is 10.2. The number of amides is 1. The van der Waals surface area contributed by atoms with Crippen molar-refractivity contribution in [1.29, 1.82) is 0 Å². The van der Waals surface area contributed by atoms with Crippen LogP contribution in [0.2, 0.25) is 5.02 Å². The Morgan fingerprint density at radius 1 is 1.36 bits per heavy atom. The van der Waals surface area contributed by atoms with Gasteiger partial charge >= 0.3 is 0 Å². The molecule has 1 amide bonds. The summed E-state index contributed by atoms with van der Waals surface area (Å²) in [7, 11) is 0. The summed E-state index contributed by atoms with van der Waals surface area (Å²) in [4.78, 5) is 22.4. The van der Waals surface area contributed by atoms with E-state index in [0.29, 0.717) is 16.9 Å². The molecule has 0 saturated heterocycles. The summed E-state index contributed by atoms with van der Waals surface area (Å²) < 4.78 is 5.41. The molecule has 2 rings (SSSR count). The molecule has 8 heteroatoms. The third kappa shape index (κ3) is 4.89. The van der Waals surface area contributed by atoms with Crippen LogP contribution >= 0.6 is 11.6 Å². The Kier molecular flexibility index (Phi) is 6.25. The Morgan fingerprint density at radius 3 is 2.84 bits per heavy atom. The van der Waals surface area contributed by atoms with Crippen molar-refractivity contribution in [2.45, 2.75) is 0 Å². The zero-order chi connectivity index (χ0) is 18.2. The van der Waals surface area contributed by atoms with Gasteiger partial charge in [-0.2, -0.15) is 5.10 Å². The van der Waals surface area contributed by atoms with Crippen molar-refractivity contribution >= 4 is 29.4 Å². The van der Waals surface area contributed by atoms with Crippen LogP contribution in [0.25, 0.3) is 0 Å². The van der Waals surface area contributed by atoms with E-state index in [1.807, 2.05) is 0 Å². The van der Waals surface area contributed by atoms with E-state index in [1.54, 1.807) is 30.3 Å². The molecule has 0 aliphatic carbocycles. The average Bonchev–Trinajstić information content (AvgIpc) is 2.61. The van der Waals surface area contributed by atoms with Gasteiger partial charge < -0.3 is 4.74 Å². The summed E-state index contributed by atoms with van der Waals surface area (Å²) in [6.07, 6.45) is 2.80. The molecular formula is C17H14ClN3O4. The van der Waals surface area contributed by atoms with Gasteiger partial charge in [0.1, 0.15) is 12.4 Å². The number of halogens is 1. The number of carbonyl (C=O) groups is 1. The van der Waals surface area contributed by atoms with Crippen LogP contribution in [0.5, 0.6) is 5.75 Å². The maximum atomic E-state index is 12.2. The Balaban J connectivity index is 2.12. The number of hydrazone groups is 1. The number of nitro groups is 1. The van der Waals surface area contributed by atoms with Crippen molar-refractivity contribution in [3.8, 4) is 5.75 Å². The molecule has 128 valence electrons. The summed E-state index contributed by atoms with van der Waals surface area (Å²) in [6, 6.07) is 10.6. The predicted molar refractivity (Wildman–Crippen MR) is 95.3 cm³/mol. The van der Waals surface area contributed by atoms with Crippen molar-refractivity contribution in [1.82, 2.24) is 5.43 Å². The molecule has 0 unspecified atom stereocenters. The number of para-hydroxylation sites is 1. The largest absolute Gasteiger partial charge is 0.489 e. The lowest BCUT2D eigenvalue weighted by molar-refractivity contribution is -0.384. The van der Waals surface area contributed by atoms with Gasteiger partial charge in [-0.3, -0.25) is 14.9 Å². The second-order valence-electron chi connectivity index (χ2n) is 4.76. The van der Waals surface area contributed by atoms with Crippen molar-refractivity contribution < 1.29 is 14.5 Å². The Hall–Kier alpha value is -3.19. The topological polar surface area (TPSA) is 93.8 Å². The molecule has 0 atom stereocenters. The lowest BCUT2D eigenvalue weighted by Crippen LogP contribution is -2.18. The molecule has 2 aromatic rings. The molecule has 0 saturated carbocycles. The van der Waals surface area contributed by atoms with Crippen LogP contribution < -0.4 is 10.2 Å². The summed E-state index contributed by atoms with van der Waals surface area (Å²) in [5.41, 5.74) is 2.82. The third-order valence-corrected chi connectivity index (χ3v) is 3.39. The van der Waals surface area contributed by atoms with Gasteiger partial charge in [-0.1, -0.05) is 36.4 Å². The molecule has 0 bridgehead atoms. The van der Waals surface area contributed by atoms with Crippen LogP contribution in [-0.2, 0) is 0 Å². The van der Waals surface area contributed by atoms with E-state index in [2.05, 4.69) is 17.1 Å². The predicted octanol–water partition coefficient (Wildman–Crippen LogP) is 3.58. The molecule has 2 aromatic carbocycles. The van der Waals surface area contributed by atoms with E-state index in [4.69, 9.17) is 16.3 Å². The first-order chi connectivity index (χ1) is 12.0. The molecule has 0 aliphatic heterocycles. The molecule has 0 spiro atoms. The number of nitro benzene ring substituents is 1. The smallest absolute Gasteiger partial charge is 0.275 e. The monoisotopic (exact) mass is 359 g/mol. The minimum absolute atomic E-state index is 0.125. The van der Waals surface area contributed by atoms with Crippen LogP contribution in [0.15, 0.2) is 60.2 Å². The fourth-order valence-corrected chi connectivity index (χ4v) is 2.06. The SMILES string of the molecule is C=CCOc1ccccc1C(=O)N/N=C/c1cc([N+](=O)[O-])ccc1Cl. The first-order valence-electron chi connectivity index (χ1n) is 7.13. The average molecular weight is 360 g/mol. The molecule has 0 fully saturated rings. The van der Waals surface area contributed by atoms with E-state index < -0.39 is 10.8 Å². The highest BCUT2D eigenvalue weighted by Gasteiger charge is 2.11. The van der Waals surface area contributed by atoms with Gasteiger partial charge in [0.05, 0.1) is 16.7 Å². The highest BCUT2D eigenvalue weighted by Crippen LogP contribution is 2.21. The highest BCUT2D eigenvalue weighted by atomic mass is 35.5. The first-order valence-corrected chi connectivity index (χ1v) is 7.50. The van der Waals surface area contributed by atoms with Crippen LogP contribution in [0.4, 0.5) is 5.69 Å². The number of nitrogens with zero attached hydrogens (tertiary/aromatic N) is 2. The normalized spacial score (nSPS) is 10.4. The maximum absolute atomic E-state index is 12.2. The Bertz CT molecular complexity index is 836. The first kappa shape index (κ1) is 18.2. The minimum atomic E-state index is -0.542. The zero-order valence-electron chi connectivity index (χ0n) is 13.0. The quantitative estimate of drug-likeness (QED) is 0.354. The van der Waals surface area contributed by atoms with Gasteiger partial charge in [0.2, 0.25) is 0 Å². The second-order valence-corrected chi connectivity index (χ2v) is 5.17. The molecule has 7 nitrogen and oxygen atoms in total. The fraction of sp³-hybridized carbons (Fsp3) is 0.0588. The van der Waals surface area contributed by atoms with Crippen LogP contribution in [0.3, 0.4) is 0 Å². The molecule has 1 N–H and O–H groups in total. The number of ether oxygens (including phenoxy) is 1. The third-order valence-electron chi connectivity index (χ3n) is 3.05. The van der Waals surface area contributed by atoms with E-state index >= 15 is 0 Å². The molecule has 0 heterocycles. The summed E-state index contributed by atoms with van der Waals surface area (Å²) >= 11 is 5.96. The number of nitrogens with one attached hydrogen (secondary N) is 1. The molecular weight excluding hydrogens is 346 g/mol. The van der Waals surface area contributed by atoms with E-state index in [1.165, 1.54) is 24.4 Å². The van der Waals surface area contributed by atoms with Gasteiger partial charge in [0, 0.05) is 22.7 Å². The van der Waals surface area contributed by atoms with Gasteiger partial charge in [0.25, 0.3) is 11.6 Å². The summed E-state index contributed by atoms with van der Waals surface area (Å²) in [5, 5.41) is 14.9. The highest BCUT2D eigenvalue weighted by molar-refractivity contribution is 6.33. The molecule has 25 heavy (non-hydrogen) atoms. The summed E-state index contributed by atoms with van der Waals surface area (Å²) in [5.74, 6) is -0.0963. The van der Waals surface area contributed by atoms with Gasteiger partial charge in [0.15, 0.2) is 0 Å². The van der Waals surface area contributed by atoms with E-state index in [-0.39, 0.29) is 17.3 Å². The molecule has 0 aromatic heterocycles. The second kappa shape index (κ2) is 8.60. The Morgan fingerprint density at radius 2 is 2.12 bits per heavy atom. The van der Waals surface area contributed by atoms with Gasteiger partial charge in [-0.15, -0.1) is 0 Å². The zero-order valence-corrected chi connectivity index (χ0v) is 13.8. The van der Waals surface area contributed by atoms with Crippen molar-refractivity contribution in [2.24, 2.45) is 5.10 Å². The Labute approximate surface area is 148 Å². The number of benzene rings is 2. The number of non-ortho nitro benzene ring substituents is 1. The van der Waals surface area contributed by atoms with Crippen LogP contribution in [-0.4, -0.2) is 23.7 Å². The number of hydrogen-bond acceptors (Lipinski definition) is 5. The van der Waals surface area contributed by atoms with Crippen molar-refractivity contribution in [3.63, 3.8) is 0 Å². The van der Waals surface area contributed by atoms with E-state index in [0.717, 1.165) is 0 Å². The lowest BCUT2D eigenvalue weighted by Gasteiger charge is -2.08. The van der Waals surface area contributed by atoms with Crippen molar-refractivity contribution in [3.05, 3.63) is 81.4 Å². The van der Waals surface area contributed by atoms with Gasteiger partial charge in [-0.25, -0.2) is 5.43 Å². The maximum Gasteiger partial charge on any atom is 0.275 e. The van der Waals surface area contributed by atoms with Crippen molar-refractivity contribution in [2.75, 3.05) is 6.61 Å². The molecule has 0 radical (unpaired) electrons. The number of carbonyl (C=O) groups excluding carboxylic acids is 1. The van der Waals surface area contributed by atoms with Crippen LogP contribution in [0, 0.1) is 10.1 Å². The number of rotatable bonds is 7. The summed E-state index contributed by atoms with van der Waals surface area (Å²) in [6.45, 7) is 3.81. The van der Waals surface area contributed by atoms with E-state index in [9.17, 15) is 14.9 Å². The standard InChI is InChI=1S/C17H14ClN3O4/c1-2-9-25-16-6-4-3-5-14(16)17(22)20-19-11-12-10-13(21(23)24)7-8-15(12)18/h2-8,10-11H,1,9H2,(H,20,22)/b19-11+. The van der Waals surface area contributed by atoms with Gasteiger partial charge in [-0.05, 0) is 18.2 Å².